The van der Waals surface area contributed by atoms with Crippen LogP contribution in [0, 0.1) is 11.8 Å². The molecule has 3 rings (SSSR count). The van der Waals surface area contributed by atoms with Crippen molar-refractivity contribution in [3.8, 4) is 0 Å². The summed E-state index contributed by atoms with van der Waals surface area (Å²) in [6.07, 6.45) is 5.67. The van der Waals surface area contributed by atoms with Crippen LogP contribution in [0.1, 0.15) is 33.1 Å². The van der Waals surface area contributed by atoms with Gasteiger partial charge in [-0.05, 0) is 55.4 Å². The highest BCUT2D eigenvalue weighted by Crippen LogP contribution is 2.32. The van der Waals surface area contributed by atoms with Crippen molar-refractivity contribution in [2.45, 2.75) is 39.2 Å². The van der Waals surface area contributed by atoms with Gasteiger partial charge in [-0.2, -0.15) is 0 Å². The van der Waals surface area contributed by atoms with Crippen LogP contribution in [0.25, 0.3) is 10.9 Å². The van der Waals surface area contributed by atoms with Gasteiger partial charge in [0.05, 0.1) is 5.52 Å². The summed E-state index contributed by atoms with van der Waals surface area (Å²) < 4.78 is 0. The van der Waals surface area contributed by atoms with Crippen LogP contribution in [0.2, 0.25) is 5.02 Å². The number of aromatic nitrogens is 1. The number of nitrogens with one attached hydrogen (secondary N) is 1. The number of benzene rings is 1. The van der Waals surface area contributed by atoms with Crippen molar-refractivity contribution in [3.63, 3.8) is 0 Å². The minimum Gasteiger partial charge on any atom is -0.382 e. The van der Waals surface area contributed by atoms with E-state index in [1.165, 1.54) is 24.9 Å². The summed E-state index contributed by atoms with van der Waals surface area (Å²) in [5.41, 5.74) is 2.14. The van der Waals surface area contributed by atoms with Crippen molar-refractivity contribution in [1.29, 1.82) is 0 Å². The predicted molar refractivity (Wildman–Crippen MR) is 86.3 cm³/mol. The second kappa shape index (κ2) is 5.61. The molecule has 3 unspecified atom stereocenters. The highest BCUT2D eigenvalue weighted by atomic mass is 35.5. The van der Waals surface area contributed by atoms with Crippen LogP contribution in [0.3, 0.4) is 0 Å². The fraction of sp³-hybridized carbons (Fsp3) is 0.471. The van der Waals surface area contributed by atoms with Crippen LogP contribution in [-0.2, 0) is 0 Å². The van der Waals surface area contributed by atoms with E-state index in [-0.39, 0.29) is 0 Å². The molecule has 1 aromatic carbocycles. The summed E-state index contributed by atoms with van der Waals surface area (Å²) in [5, 5.41) is 5.61. The maximum absolute atomic E-state index is 6.04. The lowest BCUT2D eigenvalue weighted by atomic mass is 9.79. The molecule has 1 N–H and O–H groups in total. The van der Waals surface area contributed by atoms with Crippen molar-refractivity contribution >= 4 is 28.2 Å². The average Bonchev–Trinajstić information content (AvgIpc) is 2.43. The Morgan fingerprint density at radius 2 is 2.00 bits per heavy atom. The number of nitrogens with zero attached hydrogens (tertiary/aromatic N) is 1. The van der Waals surface area contributed by atoms with Gasteiger partial charge in [0.25, 0.3) is 0 Å². The summed E-state index contributed by atoms with van der Waals surface area (Å²) in [5.74, 6) is 1.64. The summed E-state index contributed by atoms with van der Waals surface area (Å²) >= 11 is 6.04. The van der Waals surface area contributed by atoms with Crippen LogP contribution in [0.15, 0.2) is 30.5 Å². The summed E-state index contributed by atoms with van der Waals surface area (Å²) in [4.78, 5) is 4.40. The van der Waals surface area contributed by atoms with Crippen LogP contribution >= 0.6 is 11.6 Å². The first kappa shape index (κ1) is 13.7. The molecule has 0 amide bonds. The molecule has 1 aliphatic carbocycles. The lowest BCUT2D eigenvalue weighted by Crippen LogP contribution is -2.30. The second-order valence-electron chi connectivity index (χ2n) is 6.13. The zero-order chi connectivity index (χ0) is 14.1. The molecule has 20 heavy (non-hydrogen) atoms. The fourth-order valence-electron chi connectivity index (χ4n) is 3.15. The highest BCUT2D eigenvalue weighted by Gasteiger charge is 2.24. The highest BCUT2D eigenvalue weighted by molar-refractivity contribution is 6.31. The van der Waals surface area contributed by atoms with E-state index in [1.54, 1.807) is 0 Å². The lowest BCUT2D eigenvalue weighted by Gasteiger charge is -2.33. The van der Waals surface area contributed by atoms with Crippen molar-refractivity contribution < 1.29 is 0 Å². The quantitative estimate of drug-likeness (QED) is 0.829. The molecular weight excluding hydrogens is 268 g/mol. The average molecular weight is 289 g/mol. The van der Waals surface area contributed by atoms with E-state index in [4.69, 9.17) is 11.6 Å². The molecule has 0 bridgehead atoms. The molecular formula is C17H21ClN2. The molecule has 2 nitrogen and oxygen atoms in total. The van der Waals surface area contributed by atoms with E-state index in [0.29, 0.717) is 6.04 Å². The minimum absolute atomic E-state index is 0.572. The van der Waals surface area contributed by atoms with Crippen LogP contribution < -0.4 is 5.32 Å². The molecule has 1 saturated carbocycles. The number of anilines is 1. The maximum Gasteiger partial charge on any atom is 0.0737 e. The minimum atomic E-state index is 0.572. The Morgan fingerprint density at radius 3 is 2.80 bits per heavy atom. The fourth-order valence-corrected chi connectivity index (χ4v) is 3.31. The molecule has 1 aromatic heterocycles. The van der Waals surface area contributed by atoms with E-state index in [9.17, 15) is 0 Å². The molecule has 0 radical (unpaired) electrons. The van der Waals surface area contributed by atoms with Gasteiger partial charge in [0.1, 0.15) is 0 Å². The molecule has 1 fully saturated rings. The largest absolute Gasteiger partial charge is 0.382 e. The molecule has 1 heterocycles. The summed E-state index contributed by atoms with van der Waals surface area (Å²) in [7, 11) is 0. The van der Waals surface area contributed by atoms with Gasteiger partial charge in [-0.3, -0.25) is 4.98 Å². The van der Waals surface area contributed by atoms with E-state index >= 15 is 0 Å². The Labute approximate surface area is 125 Å². The van der Waals surface area contributed by atoms with Crippen LogP contribution in [-0.4, -0.2) is 11.0 Å². The van der Waals surface area contributed by atoms with Gasteiger partial charge >= 0.3 is 0 Å². The molecule has 106 valence electrons. The first-order valence-corrected chi connectivity index (χ1v) is 7.82. The van der Waals surface area contributed by atoms with Crippen LogP contribution in [0.5, 0.6) is 0 Å². The lowest BCUT2D eigenvalue weighted by molar-refractivity contribution is 0.261. The van der Waals surface area contributed by atoms with Crippen LogP contribution in [0.4, 0.5) is 5.69 Å². The van der Waals surface area contributed by atoms with Gasteiger partial charge in [-0.25, -0.2) is 0 Å². The molecule has 1 aliphatic rings. The number of halogens is 1. The topological polar surface area (TPSA) is 24.9 Å². The van der Waals surface area contributed by atoms with Crippen molar-refractivity contribution in [1.82, 2.24) is 4.98 Å². The normalized spacial score (nSPS) is 26.6. The van der Waals surface area contributed by atoms with E-state index in [0.717, 1.165) is 27.8 Å². The molecule has 3 atom stereocenters. The molecule has 3 heteroatoms. The second-order valence-corrected chi connectivity index (χ2v) is 6.57. The summed E-state index contributed by atoms with van der Waals surface area (Å²) in [6.45, 7) is 4.73. The van der Waals surface area contributed by atoms with Crippen molar-refractivity contribution in [2.75, 3.05) is 5.32 Å². The standard InChI is InChI=1S/C17H21ClN2/c1-11-3-5-14(9-12(11)2)20-16-7-8-19-17-10-13(18)4-6-15(16)17/h4,6-8,10-12,14H,3,5,9H2,1-2H3,(H,19,20). The number of hydrogen-bond donors (Lipinski definition) is 1. The van der Waals surface area contributed by atoms with Crippen molar-refractivity contribution in [2.24, 2.45) is 11.8 Å². The number of fused-ring (bicyclic) bond motifs is 1. The third kappa shape index (κ3) is 2.76. The SMILES string of the molecule is CC1CCC(Nc2ccnc3cc(Cl)ccc23)CC1C. The molecule has 0 aliphatic heterocycles. The van der Waals surface area contributed by atoms with Gasteiger partial charge in [0.15, 0.2) is 0 Å². The molecule has 0 saturated heterocycles. The van der Waals surface area contributed by atoms with Gasteiger partial charge in [0, 0.05) is 28.3 Å². The Hall–Kier alpha value is -1.28. The van der Waals surface area contributed by atoms with E-state index in [2.05, 4.69) is 36.3 Å². The molecule has 2 aromatic rings. The maximum atomic E-state index is 6.04. The number of hydrogen-bond acceptors (Lipinski definition) is 2. The third-order valence-electron chi connectivity index (χ3n) is 4.66. The van der Waals surface area contributed by atoms with Gasteiger partial charge in [0.2, 0.25) is 0 Å². The smallest absolute Gasteiger partial charge is 0.0737 e. The first-order valence-electron chi connectivity index (χ1n) is 7.44. The van der Waals surface area contributed by atoms with Gasteiger partial charge in [-0.1, -0.05) is 25.4 Å². The Bertz CT molecular complexity index is 611. The summed E-state index contributed by atoms with van der Waals surface area (Å²) in [6, 6.07) is 8.55. The Morgan fingerprint density at radius 1 is 1.15 bits per heavy atom. The van der Waals surface area contributed by atoms with E-state index < -0.39 is 0 Å². The zero-order valence-corrected chi connectivity index (χ0v) is 12.8. The molecule has 0 spiro atoms. The Kier molecular flexibility index (Phi) is 3.84. The Balaban J connectivity index is 1.84. The van der Waals surface area contributed by atoms with Gasteiger partial charge < -0.3 is 5.32 Å². The number of pyridine rings is 1. The first-order chi connectivity index (χ1) is 9.63. The zero-order valence-electron chi connectivity index (χ0n) is 12.1. The van der Waals surface area contributed by atoms with Crippen molar-refractivity contribution in [3.05, 3.63) is 35.5 Å². The monoisotopic (exact) mass is 288 g/mol. The third-order valence-corrected chi connectivity index (χ3v) is 4.90. The van der Waals surface area contributed by atoms with E-state index in [1.807, 2.05) is 18.3 Å². The predicted octanol–water partition coefficient (Wildman–Crippen LogP) is 5.12. The number of rotatable bonds is 2. The van der Waals surface area contributed by atoms with Gasteiger partial charge in [-0.15, -0.1) is 0 Å².